The van der Waals surface area contributed by atoms with Gasteiger partial charge in [0.1, 0.15) is 15.9 Å². The summed E-state index contributed by atoms with van der Waals surface area (Å²) in [6.07, 6.45) is 7.35. The number of anilines is 1. The van der Waals surface area contributed by atoms with Crippen molar-refractivity contribution < 1.29 is 4.42 Å². The molecule has 1 aliphatic rings. The Morgan fingerprint density at radius 1 is 1.42 bits per heavy atom. The largest absolute Gasteiger partial charge is 0.467 e. The Labute approximate surface area is 165 Å². The van der Waals surface area contributed by atoms with Crippen molar-refractivity contribution in [2.45, 2.75) is 45.6 Å². The first-order valence-corrected chi connectivity index (χ1v) is 9.87. The fourth-order valence-electron chi connectivity index (χ4n) is 3.68. The molecule has 0 radical (unpaired) electrons. The molecular formula is C19H20BrClN4O. The van der Waals surface area contributed by atoms with Crippen molar-refractivity contribution in [1.82, 2.24) is 14.6 Å². The standard InChI is InChI=1S/C19H20BrClN4O/c1-11-5-7-13(8-6-11)15-12(2)16-18(22-10-14-4-3-9-26-14)23-19(21)24-25(16)17(15)20/h3-5,9,13H,6-8,10H2,1-2H3,(H,22,23,24). The highest BCUT2D eigenvalue weighted by Gasteiger charge is 2.26. The lowest BCUT2D eigenvalue weighted by Crippen LogP contribution is -2.05. The fourth-order valence-corrected chi connectivity index (χ4v) is 4.72. The van der Waals surface area contributed by atoms with Crippen LogP contribution in [0.2, 0.25) is 5.28 Å². The molecule has 136 valence electrons. The lowest BCUT2D eigenvalue weighted by atomic mass is 9.84. The van der Waals surface area contributed by atoms with E-state index in [1.807, 2.05) is 16.6 Å². The van der Waals surface area contributed by atoms with Crippen molar-refractivity contribution >= 4 is 38.9 Å². The zero-order chi connectivity index (χ0) is 18.3. The van der Waals surface area contributed by atoms with Crippen LogP contribution in [0, 0.1) is 6.92 Å². The molecule has 1 unspecified atom stereocenters. The number of aromatic nitrogens is 3. The van der Waals surface area contributed by atoms with Crippen molar-refractivity contribution in [2.75, 3.05) is 5.32 Å². The van der Waals surface area contributed by atoms with E-state index in [1.54, 1.807) is 6.26 Å². The van der Waals surface area contributed by atoms with Gasteiger partial charge in [-0.1, -0.05) is 11.6 Å². The minimum Gasteiger partial charge on any atom is -0.467 e. The lowest BCUT2D eigenvalue weighted by Gasteiger charge is -2.21. The molecule has 1 aliphatic carbocycles. The smallest absolute Gasteiger partial charge is 0.243 e. The van der Waals surface area contributed by atoms with Gasteiger partial charge in [-0.2, -0.15) is 4.98 Å². The number of fused-ring (bicyclic) bond motifs is 1. The summed E-state index contributed by atoms with van der Waals surface area (Å²) in [5.74, 6) is 2.04. The summed E-state index contributed by atoms with van der Waals surface area (Å²) in [6.45, 7) is 4.88. The van der Waals surface area contributed by atoms with Crippen LogP contribution in [0.4, 0.5) is 5.82 Å². The number of halogens is 2. The van der Waals surface area contributed by atoms with E-state index < -0.39 is 0 Å². The average molecular weight is 436 g/mol. The average Bonchev–Trinajstić information content (AvgIpc) is 3.22. The molecule has 0 aromatic carbocycles. The molecule has 0 saturated carbocycles. The first kappa shape index (κ1) is 17.6. The lowest BCUT2D eigenvalue weighted by molar-refractivity contribution is 0.518. The molecule has 0 saturated heterocycles. The van der Waals surface area contributed by atoms with Crippen LogP contribution in [-0.2, 0) is 6.54 Å². The highest BCUT2D eigenvalue weighted by Crippen LogP contribution is 2.41. The van der Waals surface area contributed by atoms with Crippen molar-refractivity contribution in [3.8, 4) is 0 Å². The molecule has 3 aromatic rings. The normalized spacial score (nSPS) is 17.5. The van der Waals surface area contributed by atoms with Gasteiger partial charge in [0, 0.05) is 0 Å². The van der Waals surface area contributed by atoms with Crippen LogP contribution < -0.4 is 5.32 Å². The monoisotopic (exact) mass is 434 g/mol. The molecule has 26 heavy (non-hydrogen) atoms. The van der Waals surface area contributed by atoms with Crippen LogP contribution in [0.15, 0.2) is 39.1 Å². The third-order valence-electron chi connectivity index (χ3n) is 5.05. The zero-order valence-electron chi connectivity index (χ0n) is 14.7. The SMILES string of the molecule is CC1=CCC(c2c(C)c3c(NCc4ccco4)nc(Cl)nn3c2Br)CC1. The minimum absolute atomic E-state index is 0.209. The van der Waals surface area contributed by atoms with E-state index >= 15 is 0 Å². The molecule has 3 aromatic heterocycles. The van der Waals surface area contributed by atoms with Crippen LogP contribution in [0.1, 0.15) is 49.0 Å². The number of furan rings is 1. The van der Waals surface area contributed by atoms with E-state index in [0.717, 1.165) is 35.1 Å². The van der Waals surface area contributed by atoms with Crippen LogP contribution >= 0.6 is 27.5 Å². The van der Waals surface area contributed by atoms with E-state index in [4.69, 9.17) is 16.0 Å². The summed E-state index contributed by atoms with van der Waals surface area (Å²) in [5.41, 5.74) is 4.91. The quantitative estimate of drug-likeness (QED) is 0.520. The Kier molecular flexibility index (Phi) is 4.80. The number of aryl methyl sites for hydroxylation is 1. The molecule has 0 bridgehead atoms. The molecule has 0 aliphatic heterocycles. The molecule has 5 nitrogen and oxygen atoms in total. The molecule has 0 fully saturated rings. The van der Waals surface area contributed by atoms with Gasteiger partial charge in [0.25, 0.3) is 0 Å². The van der Waals surface area contributed by atoms with E-state index in [-0.39, 0.29) is 5.28 Å². The maximum absolute atomic E-state index is 6.19. The van der Waals surface area contributed by atoms with Gasteiger partial charge in [-0.3, -0.25) is 0 Å². The zero-order valence-corrected chi connectivity index (χ0v) is 17.1. The van der Waals surface area contributed by atoms with Gasteiger partial charge in [-0.15, -0.1) is 5.10 Å². The van der Waals surface area contributed by atoms with E-state index in [2.05, 4.69) is 51.3 Å². The topological polar surface area (TPSA) is 55.4 Å². The Bertz CT molecular complexity index is 977. The molecule has 1 atom stereocenters. The Hall–Kier alpha value is -1.79. The van der Waals surface area contributed by atoms with Crippen LogP contribution in [0.5, 0.6) is 0 Å². The van der Waals surface area contributed by atoms with Crippen molar-refractivity contribution in [2.24, 2.45) is 0 Å². The van der Waals surface area contributed by atoms with Gasteiger partial charge in [0.15, 0.2) is 5.82 Å². The number of nitrogens with zero attached hydrogens (tertiary/aromatic N) is 3. The molecule has 7 heteroatoms. The molecular weight excluding hydrogens is 416 g/mol. The van der Waals surface area contributed by atoms with Gasteiger partial charge in [0.2, 0.25) is 5.28 Å². The van der Waals surface area contributed by atoms with Gasteiger partial charge in [-0.25, -0.2) is 4.52 Å². The maximum atomic E-state index is 6.19. The predicted molar refractivity (Wildman–Crippen MR) is 107 cm³/mol. The van der Waals surface area contributed by atoms with Crippen LogP contribution in [-0.4, -0.2) is 14.6 Å². The summed E-state index contributed by atoms with van der Waals surface area (Å²) in [5, 5.41) is 7.97. The van der Waals surface area contributed by atoms with Crippen LogP contribution in [0.3, 0.4) is 0 Å². The second-order valence-electron chi connectivity index (χ2n) is 6.77. The molecule has 0 spiro atoms. The molecule has 4 rings (SSSR count). The molecule has 1 N–H and O–H groups in total. The Morgan fingerprint density at radius 2 is 2.27 bits per heavy atom. The maximum Gasteiger partial charge on any atom is 0.243 e. The van der Waals surface area contributed by atoms with Crippen molar-refractivity contribution in [3.05, 3.63) is 56.8 Å². The van der Waals surface area contributed by atoms with Gasteiger partial charge in [-0.05, 0) is 89.8 Å². The number of nitrogens with one attached hydrogen (secondary N) is 1. The summed E-state index contributed by atoms with van der Waals surface area (Å²) in [6, 6.07) is 3.80. The third-order valence-corrected chi connectivity index (χ3v) is 5.97. The summed E-state index contributed by atoms with van der Waals surface area (Å²) >= 11 is 9.94. The summed E-state index contributed by atoms with van der Waals surface area (Å²) < 4.78 is 8.22. The third kappa shape index (κ3) is 3.16. The van der Waals surface area contributed by atoms with Crippen molar-refractivity contribution in [3.63, 3.8) is 0 Å². The minimum atomic E-state index is 0.209. The van der Waals surface area contributed by atoms with Crippen molar-refractivity contribution in [1.29, 1.82) is 0 Å². The molecule has 3 heterocycles. The second-order valence-corrected chi connectivity index (χ2v) is 7.86. The molecule has 0 amide bonds. The number of hydrogen-bond donors (Lipinski definition) is 1. The summed E-state index contributed by atoms with van der Waals surface area (Å²) in [4.78, 5) is 4.42. The first-order valence-electron chi connectivity index (χ1n) is 8.70. The van der Waals surface area contributed by atoms with Gasteiger partial charge in [0.05, 0.1) is 12.8 Å². The fraction of sp³-hybridized carbons (Fsp3) is 0.368. The second kappa shape index (κ2) is 7.08. The van der Waals surface area contributed by atoms with Crippen LogP contribution in [0.25, 0.3) is 5.52 Å². The van der Waals surface area contributed by atoms with E-state index in [9.17, 15) is 0 Å². The Morgan fingerprint density at radius 3 is 2.96 bits per heavy atom. The highest BCUT2D eigenvalue weighted by molar-refractivity contribution is 9.10. The van der Waals surface area contributed by atoms with E-state index in [0.29, 0.717) is 18.3 Å². The summed E-state index contributed by atoms with van der Waals surface area (Å²) in [7, 11) is 0. The highest BCUT2D eigenvalue weighted by atomic mass is 79.9. The Balaban J connectivity index is 1.77. The number of allylic oxidation sites excluding steroid dienone is 2. The van der Waals surface area contributed by atoms with E-state index in [1.165, 1.54) is 16.7 Å². The van der Waals surface area contributed by atoms with Gasteiger partial charge >= 0.3 is 0 Å². The first-order chi connectivity index (χ1) is 12.5. The van der Waals surface area contributed by atoms with Gasteiger partial charge < -0.3 is 9.73 Å². The number of rotatable bonds is 4. The number of hydrogen-bond acceptors (Lipinski definition) is 4. The predicted octanol–water partition coefficient (Wildman–Crippen LogP) is 5.87.